The van der Waals surface area contributed by atoms with Gasteiger partial charge in [-0.3, -0.25) is 0 Å². The SMILES string of the molecule is COc1c(C2=CC=CC2)cccc1C(C)(C)C. The van der Waals surface area contributed by atoms with E-state index >= 15 is 0 Å². The highest BCUT2D eigenvalue weighted by atomic mass is 16.5. The van der Waals surface area contributed by atoms with E-state index in [4.69, 9.17) is 4.74 Å². The molecule has 1 nitrogen and oxygen atoms in total. The fourth-order valence-corrected chi connectivity index (χ4v) is 2.25. The Kier molecular flexibility index (Phi) is 3.10. The molecule has 0 aliphatic heterocycles. The molecule has 0 aromatic heterocycles. The fraction of sp³-hybridized carbons (Fsp3) is 0.375. The van der Waals surface area contributed by atoms with E-state index in [0.29, 0.717) is 0 Å². The normalized spacial score (nSPS) is 14.9. The lowest BCUT2D eigenvalue weighted by Crippen LogP contribution is -2.13. The number of para-hydroxylation sites is 1. The molecule has 1 aromatic rings. The molecule has 0 fully saturated rings. The van der Waals surface area contributed by atoms with Crippen molar-refractivity contribution in [1.82, 2.24) is 0 Å². The first-order chi connectivity index (χ1) is 8.04. The highest BCUT2D eigenvalue weighted by Gasteiger charge is 2.21. The Hall–Kier alpha value is -1.50. The minimum Gasteiger partial charge on any atom is -0.496 e. The van der Waals surface area contributed by atoms with Crippen molar-refractivity contribution < 1.29 is 4.74 Å². The summed E-state index contributed by atoms with van der Waals surface area (Å²) in [4.78, 5) is 0. The maximum Gasteiger partial charge on any atom is 0.130 e. The predicted octanol–water partition coefficient (Wildman–Crippen LogP) is 4.34. The van der Waals surface area contributed by atoms with E-state index in [1.54, 1.807) is 7.11 Å². The van der Waals surface area contributed by atoms with Crippen LogP contribution in [-0.2, 0) is 5.41 Å². The lowest BCUT2D eigenvalue weighted by Gasteiger charge is -2.24. The van der Waals surface area contributed by atoms with Crippen LogP contribution in [0, 0.1) is 0 Å². The Labute approximate surface area is 104 Å². The molecule has 1 aromatic carbocycles. The van der Waals surface area contributed by atoms with Crippen molar-refractivity contribution in [1.29, 1.82) is 0 Å². The molecule has 0 amide bonds. The third-order valence-electron chi connectivity index (χ3n) is 3.14. The van der Waals surface area contributed by atoms with Gasteiger partial charge >= 0.3 is 0 Å². The molecule has 0 N–H and O–H groups in total. The molecule has 0 unspecified atom stereocenters. The number of rotatable bonds is 2. The number of hydrogen-bond acceptors (Lipinski definition) is 1. The zero-order valence-electron chi connectivity index (χ0n) is 11.1. The zero-order chi connectivity index (χ0) is 12.5. The quantitative estimate of drug-likeness (QED) is 0.731. The average molecular weight is 228 g/mol. The van der Waals surface area contributed by atoms with Gasteiger partial charge in [-0.2, -0.15) is 0 Å². The van der Waals surface area contributed by atoms with Gasteiger partial charge in [0.05, 0.1) is 7.11 Å². The number of methoxy groups -OCH3 is 1. The molecule has 0 radical (unpaired) electrons. The van der Waals surface area contributed by atoms with Gasteiger partial charge in [-0.1, -0.05) is 57.2 Å². The van der Waals surface area contributed by atoms with Gasteiger partial charge in [0.25, 0.3) is 0 Å². The van der Waals surface area contributed by atoms with Crippen molar-refractivity contribution in [3.63, 3.8) is 0 Å². The Morgan fingerprint density at radius 3 is 2.47 bits per heavy atom. The number of allylic oxidation sites excluding steroid dienone is 4. The van der Waals surface area contributed by atoms with Crippen molar-refractivity contribution >= 4 is 5.57 Å². The number of ether oxygens (including phenoxy) is 1. The average Bonchev–Trinajstić information content (AvgIpc) is 2.80. The molecule has 90 valence electrons. The summed E-state index contributed by atoms with van der Waals surface area (Å²) >= 11 is 0. The van der Waals surface area contributed by atoms with Gasteiger partial charge in [0, 0.05) is 11.1 Å². The molecule has 0 heterocycles. The molecule has 17 heavy (non-hydrogen) atoms. The minimum absolute atomic E-state index is 0.105. The molecule has 0 saturated heterocycles. The third kappa shape index (κ3) is 2.28. The molecule has 0 bridgehead atoms. The molecule has 1 heteroatoms. The van der Waals surface area contributed by atoms with Crippen LogP contribution in [0.15, 0.2) is 36.4 Å². The second kappa shape index (κ2) is 4.40. The van der Waals surface area contributed by atoms with E-state index in [9.17, 15) is 0 Å². The molecular formula is C16H20O. The maximum atomic E-state index is 5.65. The first kappa shape index (κ1) is 12.0. The van der Waals surface area contributed by atoms with Gasteiger partial charge < -0.3 is 4.74 Å². The van der Waals surface area contributed by atoms with Crippen LogP contribution in [-0.4, -0.2) is 7.11 Å². The van der Waals surface area contributed by atoms with Crippen molar-refractivity contribution in [3.8, 4) is 5.75 Å². The molecular weight excluding hydrogens is 208 g/mol. The molecule has 0 saturated carbocycles. The lowest BCUT2D eigenvalue weighted by atomic mass is 9.84. The van der Waals surface area contributed by atoms with Gasteiger partial charge in [-0.15, -0.1) is 0 Å². The monoisotopic (exact) mass is 228 g/mol. The van der Waals surface area contributed by atoms with Crippen LogP contribution < -0.4 is 4.74 Å². The van der Waals surface area contributed by atoms with Gasteiger partial charge in [0.2, 0.25) is 0 Å². The van der Waals surface area contributed by atoms with Crippen molar-refractivity contribution in [2.45, 2.75) is 32.6 Å². The Morgan fingerprint density at radius 1 is 1.18 bits per heavy atom. The Balaban J connectivity index is 2.54. The minimum atomic E-state index is 0.105. The summed E-state index contributed by atoms with van der Waals surface area (Å²) in [5.74, 6) is 1.02. The van der Waals surface area contributed by atoms with Crippen molar-refractivity contribution in [2.75, 3.05) is 7.11 Å². The molecule has 0 atom stereocenters. The van der Waals surface area contributed by atoms with Crippen LogP contribution in [0.3, 0.4) is 0 Å². The van der Waals surface area contributed by atoms with Crippen LogP contribution in [0.25, 0.3) is 5.57 Å². The topological polar surface area (TPSA) is 9.23 Å². The number of benzene rings is 1. The van der Waals surface area contributed by atoms with E-state index in [0.717, 1.165) is 12.2 Å². The second-order valence-electron chi connectivity index (χ2n) is 5.46. The van der Waals surface area contributed by atoms with Crippen molar-refractivity contribution in [3.05, 3.63) is 47.6 Å². The van der Waals surface area contributed by atoms with Gasteiger partial charge in [0.15, 0.2) is 0 Å². The van der Waals surface area contributed by atoms with Crippen molar-refractivity contribution in [2.24, 2.45) is 0 Å². The maximum absolute atomic E-state index is 5.65. The lowest BCUT2D eigenvalue weighted by molar-refractivity contribution is 0.396. The molecule has 2 rings (SSSR count). The largest absolute Gasteiger partial charge is 0.496 e. The number of hydrogen-bond donors (Lipinski definition) is 0. The van der Waals surface area contributed by atoms with Gasteiger partial charge in [0.1, 0.15) is 5.75 Å². The van der Waals surface area contributed by atoms with Gasteiger partial charge in [-0.25, -0.2) is 0 Å². The predicted molar refractivity (Wildman–Crippen MR) is 73.4 cm³/mol. The molecule has 1 aliphatic carbocycles. The summed E-state index contributed by atoms with van der Waals surface area (Å²) < 4.78 is 5.65. The van der Waals surface area contributed by atoms with Crippen LogP contribution >= 0.6 is 0 Å². The standard InChI is InChI=1S/C16H20O/c1-16(2,3)14-11-7-10-13(15(14)17-4)12-8-5-6-9-12/h5-8,10-11H,9H2,1-4H3. The highest BCUT2D eigenvalue weighted by molar-refractivity contribution is 5.76. The van der Waals surface area contributed by atoms with Crippen LogP contribution in [0.1, 0.15) is 38.3 Å². The van der Waals surface area contributed by atoms with Crippen LogP contribution in [0.4, 0.5) is 0 Å². The Morgan fingerprint density at radius 2 is 1.94 bits per heavy atom. The van der Waals surface area contributed by atoms with E-state index in [1.807, 2.05) is 0 Å². The zero-order valence-corrected chi connectivity index (χ0v) is 11.1. The first-order valence-electron chi connectivity index (χ1n) is 6.07. The third-order valence-corrected chi connectivity index (χ3v) is 3.14. The first-order valence-corrected chi connectivity index (χ1v) is 6.07. The summed E-state index contributed by atoms with van der Waals surface area (Å²) in [6.07, 6.45) is 7.46. The summed E-state index contributed by atoms with van der Waals surface area (Å²) in [6.45, 7) is 6.65. The Bertz CT molecular complexity index is 473. The summed E-state index contributed by atoms with van der Waals surface area (Å²) in [5, 5.41) is 0. The fourth-order valence-electron chi connectivity index (χ4n) is 2.25. The summed E-state index contributed by atoms with van der Waals surface area (Å²) in [6, 6.07) is 6.43. The van der Waals surface area contributed by atoms with Gasteiger partial charge in [-0.05, 0) is 17.4 Å². The highest BCUT2D eigenvalue weighted by Crippen LogP contribution is 2.38. The second-order valence-corrected chi connectivity index (χ2v) is 5.46. The molecule has 0 spiro atoms. The summed E-state index contributed by atoms with van der Waals surface area (Å²) in [5.41, 5.74) is 3.94. The smallest absolute Gasteiger partial charge is 0.130 e. The van der Waals surface area contributed by atoms with E-state index < -0.39 is 0 Å². The van der Waals surface area contributed by atoms with E-state index in [-0.39, 0.29) is 5.41 Å². The van der Waals surface area contributed by atoms with E-state index in [1.165, 1.54) is 16.7 Å². The van der Waals surface area contributed by atoms with Crippen LogP contribution in [0.2, 0.25) is 0 Å². The summed E-state index contributed by atoms with van der Waals surface area (Å²) in [7, 11) is 1.76. The van der Waals surface area contributed by atoms with Crippen LogP contribution in [0.5, 0.6) is 5.75 Å². The van der Waals surface area contributed by atoms with E-state index in [2.05, 4.69) is 57.2 Å². The molecule has 1 aliphatic rings.